The fourth-order valence-electron chi connectivity index (χ4n) is 0.787. The van der Waals surface area contributed by atoms with Gasteiger partial charge in [0.2, 0.25) is 0 Å². The highest BCUT2D eigenvalue weighted by atomic mass is 32.2. The van der Waals surface area contributed by atoms with Crippen LogP contribution in [0.15, 0.2) is 0 Å². The third-order valence-corrected chi connectivity index (χ3v) is 2.58. The quantitative estimate of drug-likeness (QED) is 0.466. The topological polar surface area (TPSA) is 0 Å². The molecule has 0 unspecified atom stereocenters. The van der Waals surface area contributed by atoms with E-state index in [1.54, 1.807) is 0 Å². The second kappa shape index (κ2) is 1.70. The lowest BCUT2D eigenvalue weighted by Gasteiger charge is -2.12. The SMILES string of the molecule is CC1(C)[CH]CCS1. The maximum Gasteiger partial charge on any atom is 0.0135 e. The molecule has 0 atom stereocenters. The molecular weight excluding hydrogens is 104 g/mol. The number of rotatable bonds is 0. The minimum absolute atomic E-state index is 0.486. The second-order valence-electron chi connectivity index (χ2n) is 2.44. The van der Waals surface area contributed by atoms with E-state index >= 15 is 0 Å². The lowest BCUT2D eigenvalue weighted by atomic mass is 10.1. The van der Waals surface area contributed by atoms with Crippen molar-refractivity contribution in [1.82, 2.24) is 0 Å². The first-order valence-electron chi connectivity index (χ1n) is 2.69. The fourth-order valence-corrected chi connectivity index (χ4v) is 1.78. The van der Waals surface area contributed by atoms with Gasteiger partial charge in [0.05, 0.1) is 0 Å². The van der Waals surface area contributed by atoms with Crippen molar-refractivity contribution in [3.8, 4) is 0 Å². The molecule has 1 aliphatic rings. The van der Waals surface area contributed by atoms with Gasteiger partial charge in [-0.25, -0.2) is 0 Å². The number of thioether (sulfide) groups is 1. The van der Waals surface area contributed by atoms with Crippen molar-refractivity contribution < 1.29 is 0 Å². The molecule has 0 saturated carbocycles. The van der Waals surface area contributed by atoms with Crippen LogP contribution in [0, 0.1) is 6.42 Å². The smallest absolute Gasteiger partial charge is 0.0135 e. The zero-order valence-electron chi connectivity index (χ0n) is 4.90. The standard InChI is InChI=1S/C6H11S/c1-6(2)4-3-5-7-6/h4H,3,5H2,1-2H3. The predicted molar refractivity (Wildman–Crippen MR) is 35.5 cm³/mol. The maximum absolute atomic E-state index is 2.39. The summed E-state index contributed by atoms with van der Waals surface area (Å²) in [7, 11) is 0. The lowest BCUT2D eigenvalue weighted by molar-refractivity contribution is 0.820. The third-order valence-electron chi connectivity index (χ3n) is 1.23. The Hall–Kier alpha value is 0.350. The monoisotopic (exact) mass is 115 g/mol. The summed E-state index contributed by atoms with van der Waals surface area (Å²) >= 11 is 2.04. The predicted octanol–water partition coefficient (Wildman–Crippen LogP) is 2.11. The molecule has 0 aromatic carbocycles. The van der Waals surface area contributed by atoms with Crippen LogP contribution in [-0.2, 0) is 0 Å². The molecule has 1 heteroatoms. The molecule has 1 aliphatic heterocycles. The Balaban J connectivity index is 2.40. The van der Waals surface area contributed by atoms with Gasteiger partial charge >= 0.3 is 0 Å². The zero-order chi connectivity index (χ0) is 5.33. The van der Waals surface area contributed by atoms with E-state index in [9.17, 15) is 0 Å². The highest BCUT2D eigenvalue weighted by molar-refractivity contribution is 8.01. The molecule has 0 bridgehead atoms. The van der Waals surface area contributed by atoms with Gasteiger partial charge in [0.15, 0.2) is 0 Å². The molecule has 0 aromatic heterocycles. The Morgan fingerprint density at radius 2 is 2.29 bits per heavy atom. The average molecular weight is 115 g/mol. The van der Waals surface area contributed by atoms with Crippen LogP contribution in [0.2, 0.25) is 0 Å². The first kappa shape index (κ1) is 5.49. The molecule has 1 heterocycles. The van der Waals surface area contributed by atoms with Gasteiger partial charge in [0, 0.05) is 4.75 Å². The summed E-state index contributed by atoms with van der Waals surface area (Å²) in [6.07, 6.45) is 3.69. The summed E-state index contributed by atoms with van der Waals surface area (Å²) in [5.41, 5.74) is 0. The molecule has 0 aliphatic carbocycles. The van der Waals surface area contributed by atoms with Crippen LogP contribution < -0.4 is 0 Å². The van der Waals surface area contributed by atoms with Crippen LogP contribution in [0.3, 0.4) is 0 Å². The lowest BCUT2D eigenvalue weighted by Crippen LogP contribution is -2.07. The zero-order valence-corrected chi connectivity index (χ0v) is 5.72. The van der Waals surface area contributed by atoms with E-state index in [1.165, 1.54) is 12.2 Å². The molecule has 1 rings (SSSR count). The van der Waals surface area contributed by atoms with Crippen molar-refractivity contribution in [3.05, 3.63) is 6.42 Å². The highest BCUT2D eigenvalue weighted by Crippen LogP contribution is 2.35. The van der Waals surface area contributed by atoms with Crippen molar-refractivity contribution in [2.45, 2.75) is 25.0 Å². The number of hydrogen-bond acceptors (Lipinski definition) is 1. The Morgan fingerprint density at radius 3 is 2.43 bits per heavy atom. The largest absolute Gasteiger partial charge is 0.155 e. The van der Waals surface area contributed by atoms with Crippen LogP contribution in [0.1, 0.15) is 20.3 Å². The van der Waals surface area contributed by atoms with E-state index < -0.39 is 0 Å². The van der Waals surface area contributed by atoms with E-state index in [0.717, 1.165) is 0 Å². The van der Waals surface area contributed by atoms with Crippen LogP contribution in [-0.4, -0.2) is 10.5 Å². The fraction of sp³-hybridized carbons (Fsp3) is 0.833. The number of hydrogen-bond donors (Lipinski definition) is 0. The van der Waals surface area contributed by atoms with Crippen molar-refractivity contribution in [3.63, 3.8) is 0 Å². The van der Waals surface area contributed by atoms with E-state index in [-0.39, 0.29) is 0 Å². The van der Waals surface area contributed by atoms with E-state index in [0.29, 0.717) is 4.75 Å². The average Bonchev–Trinajstić information content (AvgIpc) is 1.84. The minimum atomic E-state index is 0.486. The van der Waals surface area contributed by atoms with Gasteiger partial charge in [-0.05, 0) is 18.6 Å². The van der Waals surface area contributed by atoms with Gasteiger partial charge in [-0.1, -0.05) is 13.8 Å². The van der Waals surface area contributed by atoms with Crippen molar-refractivity contribution >= 4 is 11.8 Å². The van der Waals surface area contributed by atoms with E-state index in [4.69, 9.17) is 0 Å². The summed E-state index contributed by atoms with van der Waals surface area (Å²) in [5.74, 6) is 1.33. The Bertz CT molecular complexity index is 58.6. The van der Waals surface area contributed by atoms with Gasteiger partial charge in [0.1, 0.15) is 0 Å². The Labute approximate surface area is 49.7 Å². The molecule has 0 amide bonds. The maximum atomic E-state index is 2.39. The normalized spacial score (nSPS) is 28.3. The van der Waals surface area contributed by atoms with Crippen molar-refractivity contribution in [2.24, 2.45) is 0 Å². The van der Waals surface area contributed by atoms with E-state index in [2.05, 4.69) is 20.3 Å². The molecule has 1 fully saturated rings. The van der Waals surface area contributed by atoms with Crippen LogP contribution in [0.4, 0.5) is 0 Å². The molecule has 0 spiro atoms. The molecular formula is C6H11S. The van der Waals surface area contributed by atoms with Gasteiger partial charge in [-0.2, -0.15) is 11.8 Å². The van der Waals surface area contributed by atoms with Crippen molar-refractivity contribution in [2.75, 3.05) is 5.75 Å². The van der Waals surface area contributed by atoms with Gasteiger partial charge in [-0.15, -0.1) is 0 Å². The minimum Gasteiger partial charge on any atom is -0.155 e. The molecule has 0 N–H and O–H groups in total. The first-order valence-corrected chi connectivity index (χ1v) is 3.68. The van der Waals surface area contributed by atoms with Gasteiger partial charge in [-0.3, -0.25) is 0 Å². The summed E-state index contributed by atoms with van der Waals surface area (Å²) in [6.45, 7) is 4.54. The van der Waals surface area contributed by atoms with Gasteiger partial charge < -0.3 is 0 Å². The molecule has 1 radical (unpaired) electrons. The summed E-state index contributed by atoms with van der Waals surface area (Å²) in [4.78, 5) is 0. The van der Waals surface area contributed by atoms with Crippen LogP contribution >= 0.6 is 11.8 Å². The third kappa shape index (κ3) is 1.37. The Morgan fingerprint density at radius 1 is 1.57 bits per heavy atom. The molecule has 1 saturated heterocycles. The second-order valence-corrected chi connectivity index (χ2v) is 4.19. The van der Waals surface area contributed by atoms with Crippen LogP contribution in [0.5, 0.6) is 0 Å². The highest BCUT2D eigenvalue weighted by Gasteiger charge is 2.23. The Kier molecular flexibility index (Phi) is 1.33. The summed E-state index contributed by atoms with van der Waals surface area (Å²) < 4.78 is 0.486. The summed E-state index contributed by atoms with van der Waals surface area (Å²) in [6, 6.07) is 0. The first-order chi connectivity index (χ1) is 3.21. The van der Waals surface area contributed by atoms with Crippen LogP contribution in [0.25, 0.3) is 0 Å². The summed E-state index contributed by atoms with van der Waals surface area (Å²) in [5, 5.41) is 0. The molecule has 0 nitrogen and oxygen atoms in total. The van der Waals surface area contributed by atoms with E-state index in [1.807, 2.05) is 11.8 Å². The van der Waals surface area contributed by atoms with Gasteiger partial charge in [0.25, 0.3) is 0 Å². The molecule has 0 aromatic rings. The molecule has 41 valence electrons. The molecule has 7 heavy (non-hydrogen) atoms. The van der Waals surface area contributed by atoms with Crippen molar-refractivity contribution in [1.29, 1.82) is 0 Å².